The lowest BCUT2D eigenvalue weighted by molar-refractivity contribution is -0.119. The number of hydrogen-bond acceptors (Lipinski definition) is 4. The number of nitrogens with one attached hydrogen (secondary N) is 2. The maximum absolute atomic E-state index is 11.7. The Bertz CT molecular complexity index is 504. The van der Waals surface area contributed by atoms with Crippen LogP contribution in [0.5, 0.6) is 0 Å². The summed E-state index contributed by atoms with van der Waals surface area (Å²) in [7, 11) is -3.81. The predicted molar refractivity (Wildman–Crippen MR) is 63.1 cm³/mol. The lowest BCUT2D eigenvalue weighted by atomic mass is 10.5. The number of likely N-dealkylation sites (N-methyl/N-ethyl adjacent to an activating group) is 1. The fourth-order valence-corrected chi connectivity index (χ4v) is 2.50. The van der Waals surface area contributed by atoms with Gasteiger partial charge in [-0.25, -0.2) is 18.1 Å². The summed E-state index contributed by atoms with van der Waals surface area (Å²) in [6, 6.07) is 2.77. The zero-order valence-corrected chi connectivity index (χ0v) is 10.7. The van der Waals surface area contributed by atoms with E-state index in [4.69, 9.17) is 11.6 Å². The second-order valence-corrected chi connectivity index (χ2v) is 5.16. The highest BCUT2D eigenvalue weighted by Crippen LogP contribution is 2.16. The van der Waals surface area contributed by atoms with Crippen LogP contribution in [0.25, 0.3) is 0 Å². The summed E-state index contributed by atoms with van der Waals surface area (Å²) in [5.41, 5.74) is 0. The lowest BCUT2D eigenvalue weighted by Crippen LogP contribution is -2.36. The number of carbonyl (C=O) groups is 1. The van der Waals surface area contributed by atoms with E-state index in [2.05, 4.69) is 15.0 Å². The van der Waals surface area contributed by atoms with Crippen LogP contribution >= 0.6 is 11.6 Å². The molecule has 0 saturated heterocycles. The van der Waals surface area contributed by atoms with Crippen molar-refractivity contribution in [3.63, 3.8) is 0 Å². The predicted octanol–water partition coefficient (Wildman–Crippen LogP) is 0.149. The average Bonchev–Trinajstić information content (AvgIpc) is 2.27. The number of aromatic nitrogens is 1. The molecule has 2 N–H and O–H groups in total. The summed E-state index contributed by atoms with van der Waals surface area (Å²) in [5, 5.41) is 2.34. The molecule has 8 heteroatoms. The Labute approximate surface area is 104 Å². The molecule has 0 unspecified atom stereocenters. The average molecular weight is 278 g/mol. The molecule has 94 valence electrons. The van der Waals surface area contributed by atoms with Gasteiger partial charge in [-0.05, 0) is 19.1 Å². The van der Waals surface area contributed by atoms with E-state index in [1.807, 2.05) is 0 Å². The molecule has 0 spiro atoms. The Morgan fingerprint density at radius 1 is 1.53 bits per heavy atom. The van der Waals surface area contributed by atoms with Crippen molar-refractivity contribution in [1.82, 2.24) is 15.0 Å². The van der Waals surface area contributed by atoms with Crippen molar-refractivity contribution in [2.45, 2.75) is 11.8 Å². The highest BCUT2D eigenvalue weighted by atomic mass is 35.5. The molecule has 0 atom stereocenters. The first kappa shape index (κ1) is 13.9. The summed E-state index contributed by atoms with van der Waals surface area (Å²) in [4.78, 5) is 14.6. The first-order valence-corrected chi connectivity index (χ1v) is 6.70. The quantitative estimate of drug-likeness (QED) is 0.750. The molecule has 17 heavy (non-hydrogen) atoms. The molecule has 1 rings (SSSR count). The largest absolute Gasteiger partial charge is 0.355 e. The first-order chi connectivity index (χ1) is 7.97. The van der Waals surface area contributed by atoms with Crippen molar-refractivity contribution in [3.8, 4) is 0 Å². The molecule has 0 aliphatic rings. The number of rotatable bonds is 5. The third kappa shape index (κ3) is 3.95. The van der Waals surface area contributed by atoms with Gasteiger partial charge in [0.2, 0.25) is 15.9 Å². The Balaban J connectivity index is 2.77. The number of carbonyl (C=O) groups excluding carboxylic acids is 1. The third-order valence-corrected chi connectivity index (χ3v) is 3.66. The number of hydrogen-bond donors (Lipinski definition) is 2. The van der Waals surface area contributed by atoms with E-state index >= 15 is 0 Å². The van der Waals surface area contributed by atoms with Crippen LogP contribution in [0, 0.1) is 0 Å². The van der Waals surface area contributed by atoms with Crippen LogP contribution in [0.2, 0.25) is 5.15 Å². The fourth-order valence-electron chi connectivity index (χ4n) is 1.07. The molecule has 0 radical (unpaired) electrons. The van der Waals surface area contributed by atoms with Gasteiger partial charge in [-0.3, -0.25) is 4.79 Å². The molecule has 6 nitrogen and oxygen atoms in total. The van der Waals surface area contributed by atoms with Gasteiger partial charge >= 0.3 is 0 Å². The van der Waals surface area contributed by atoms with E-state index in [1.54, 1.807) is 6.92 Å². The molecule has 1 aromatic rings. The maximum Gasteiger partial charge on any atom is 0.244 e. The number of pyridine rings is 1. The van der Waals surface area contributed by atoms with Crippen molar-refractivity contribution in [3.05, 3.63) is 23.5 Å². The van der Waals surface area contributed by atoms with E-state index in [0.717, 1.165) is 0 Å². The van der Waals surface area contributed by atoms with Gasteiger partial charge in [0, 0.05) is 12.7 Å². The van der Waals surface area contributed by atoms with Gasteiger partial charge in [0.1, 0.15) is 10.0 Å². The van der Waals surface area contributed by atoms with Crippen molar-refractivity contribution in [1.29, 1.82) is 0 Å². The smallest absolute Gasteiger partial charge is 0.244 e. The summed E-state index contributed by atoms with van der Waals surface area (Å²) < 4.78 is 25.6. The van der Waals surface area contributed by atoms with Crippen molar-refractivity contribution in [2.24, 2.45) is 0 Å². The van der Waals surface area contributed by atoms with Crippen LogP contribution in [0.1, 0.15) is 6.92 Å². The van der Waals surface area contributed by atoms with Crippen molar-refractivity contribution in [2.75, 3.05) is 13.1 Å². The summed E-state index contributed by atoms with van der Waals surface area (Å²) >= 11 is 5.65. The van der Waals surface area contributed by atoms with Crippen LogP contribution in [-0.2, 0) is 14.8 Å². The molecule has 1 heterocycles. The number of sulfonamides is 1. The zero-order chi connectivity index (χ0) is 12.9. The Kier molecular flexibility index (Phi) is 4.86. The number of amides is 1. The molecule has 1 amide bonds. The van der Waals surface area contributed by atoms with Crippen LogP contribution in [0.3, 0.4) is 0 Å². The van der Waals surface area contributed by atoms with Gasteiger partial charge in [-0.15, -0.1) is 0 Å². The molecule has 1 aromatic heterocycles. The highest BCUT2D eigenvalue weighted by Gasteiger charge is 2.18. The Morgan fingerprint density at radius 2 is 2.24 bits per heavy atom. The molecule has 0 aliphatic heterocycles. The molecule has 0 fully saturated rings. The van der Waals surface area contributed by atoms with Crippen LogP contribution < -0.4 is 10.0 Å². The van der Waals surface area contributed by atoms with Gasteiger partial charge < -0.3 is 5.32 Å². The molecule has 0 bridgehead atoms. The third-order valence-electron chi connectivity index (χ3n) is 1.81. The van der Waals surface area contributed by atoms with Gasteiger partial charge in [-0.2, -0.15) is 0 Å². The molecule has 0 aliphatic carbocycles. The zero-order valence-electron chi connectivity index (χ0n) is 9.10. The molecular formula is C9H12ClN3O3S. The Morgan fingerprint density at radius 3 is 2.82 bits per heavy atom. The van der Waals surface area contributed by atoms with E-state index in [0.29, 0.717) is 6.54 Å². The van der Waals surface area contributed by atoms with Gasteiger partial charge in [0.15, 0.2) is 0 Å². The van der Waals surface area contributed by atoms with Crippen LogP contribution in [0.15, 0.2) is 23.2 Å². The van der Waals surface area contributed by atoms with Crippen LogP contribution in [0.4, 0.5) is 0 Å². The highest BCUT2D eigenvalue weighted by molar-refractivity contribution is 7.89. The second kappa shape index (κ2) is 5.95. The van der Waals surface area contributed by atoms with Crippen molar-refractivity contribution >= 4 is 27.5 Å². The van der Waals surface area contributed by atoms with Crippen molar-refractivity contribution < 1.29 is 13.2 Å². The molecular weight excluding hydrogens is 266 g/mol. The minimum absolute atomic E-state index is 0.129. The first-order valence-electron chi connectivity index (χ1n) is 4.84. The van der Waals surface area contributed by atoms with E-state index < -0.39 is 15.9 Å². The second-order valence-electron chi connectivity index (χ2n) is 3.07. The van der Waals surface area contributed by atoms with Gasteiger partial charge in [0.05, 0.1) is 6.54 Å². The van der Waals surface area contributed by atoms with Gasteiger partial charge in [-0.1, -0.05) is 11.6 Å². The monoisotopic (exact) mass is 277 g/mol. The molecule has 0 saturated carbocycles. The van der Waals surface area contributed by atoms with E-state index in [9.17, 15) is 13.2 Å². The standard InChI is InChI=1S/C9H12ClN3O3S/c1-2-11-8(14)6-13-17(15,16)7-4-3-5-12-9(7)10/h3-5,13H,2,6H2,1H3,(H,11,14). The topological polar surface area (TPSA) is 88.2 Å². The fraction of sp³-hybridized carbons (Fsp3) is 0.333. The van der Waals surface area contributed by atoms with E-state index in [1.165, 1.54) is 18.3 Å². The van der Waals surface area contributed by atoms with Gasteiger partial charge in [0.25, 0.3) is 0 Å². The van der Waals surface area contributed by atoms with Crippen LogP contribution in [-0.4, -0.2) is 32.4 Å². The Hall–Kier alpha value is -1.18. The number of nitrogens with zero attached hydrogens (tertiary/aromatic N) is 1. The maximum atomic E-state index is 11.7. The number of halogens is 1. The normalized spacial score (nSPS) is 11.2. The summed E-state index contributed by atoms with van der Waals surface area (Å²) in [5.74, 6) is -0.406. The molecule has 0 aromatic carbocycles. The minimum Gasteiger partial charge on any atom is -0.355 e. The van der Waals surface area contributed by atoms with E-state index in [-0.39, 0.29) is 16.6 Å². The summed E-state index contributed by atoms with van der Waals surface area (Å²) in [6.45, 7) is 1.85. The summed E-state index contributed by atoms with van der Waals surface area (Å²) in [6.07, 6.45) is 1.38. The lowest BCUT2D eigenvalue weighted by Gasteiger charge is -2.07. The SMILES string of the molecule is CCNC(=O)CNS(=O)(=O)c1cccnc1Cl. The minimum atomic E-state index is -3.81.